The number of methoxy groups -OCH3 is 1. The van der Waals surface area contributed by atoms with Gasteiger partial charge in [-0.2, -0.15) is 0 Å². The quantitative estimate of drug-likeness (QED) is 0.532. The van der Waals surface area contributed by atoms with Crippen molar-refractivity contribution >= 4 is 17.1 Å². The van der Waals surface area contributed by atoms with E-state index >= 15 is 0 Å². The van der Waals surface area contributed by atoms with E-state index in [-0.39, 0.29) is 5.71 Å². The number of aromatic nitrogens is 2. The average molecular weight is 320 g/mol. The van der Waals surface area contributed by atoms with Crippen molar-refractivity contribution in [3.63, 3.8) is 0 Å². The van der Waals surface area contributed by atoms with Crippen molar-refractivity contribution in [3.05, 3.63) is 60.4 Å². The lowest BCUT2D eigenvalue weighted by Gasteiger charge is -2.04. The van der Waals surface area contributed by atoms with E-state index in [1.54, 1.807) is 18.2 Å². The molecule has 0 aliphatic rings. The van der Waals surface area contributed by atoms with Crippen LogP contribution in [0.25, 0.3) is 33.8 Å². The van der Waals surface area contributed by atoms with Crippen molar-refractivity contribution in [2.45, 2.75) is 0 Å². The van der Waals surface area contributed by atoms with Crippen LogP contribution in [0.1, 0.15) is 10.4 Å². The highest BCUT2D eigenvalue weighted by molar-refractivity contribution is 6.08. The molecule has 0 aliphatic carbocycles. The molecular weight excluding hydrogens is 308 g/mol. The van der Waals surface area contributed by atoms with Crippen molar-refractivity contribution in [2.75, 3.05) is 7.11 Å². The second kappa shape index (κ2) is 5.66. The molecular formula is C18H12N2O4. The Morgan fingerprint density at radius 3 is 2.67 bits per heavy atom. The molecule has 0 atom stereocenters. The summed E-state index contributed by atoms with van der Waals surface area (Å²) < 4.78 is 15.6. The first-order valence-electron chi connectivity index (χ1n) is 7.26. The van der Waals surface area contributed by atoms with Crippen molar-refractivity contribution in [2.24, 2.45) is 0 Å². The summed E-state index contributed by atoms with van der Waals surface area (Å²) in [6, 6.07) is 14.6. The van der Waals surface area contributed by atoms with Crippen LogP contribution in [0.3, 0.4) is 0 Å². The predicted molar refractivity (Wildman–Crippen MR) is 86.3 cm³/mol. The van der Waals surface area contributed by atoms with Crippen LogP contribution in [-0.4, -0.2) is 23.2 Å². The summed E-state index contributed by atoms with van der Waals surface area (Å²) in [5.74, 6) is 0.0373. The molecule has 3 heterocycles. The number of fused-ring (bicyclic) bond motifs is 1. The zero-order valence-electron chi connectivity index (χ0n) is 12.7. The van der Waals surface area contributed by atoms with Gasteiger partial charge in [0, 0.05) is 5.56 Å². The molecule has 0 radical (unpaired) electrons. The Hall–Kier alpha value is -3.41. The van der Waals surface area contributed by atoms with Gasteiger partial charge in [-0.15, -0.1) is 0 Å². The van der Waals surface area contributed by atoms with Crippen LogP contribution < -0.4 is 0 Å². The fraction of sp³-hybridized carbons (Fsp3) is 0.0556. The Morgan fingerprint density at radius 2 is 1.96 bits per heavy atom. The van der Waals surface area contributed by atoms with Crippen molar-refractivity contribution < 1.29 is 18.5 Å². The number of furan rings is 1. The molecule has 3 aromatic heterocycles. The molecule has 0 aliphatic heterocycles. The molecule has 4 rings (SSSR count). The number of rotatable bonds is 3. The number of carbonyl (C=O) groups excluding carboxylic acids is 1. The van der Waals surface area contributed by atoms with Gasteiger partial charge in [0.05, 0.1) is 24.3 Å². The van der Waals surface area contributed by atoms with Crippen LogP contribution >= 0.6 is 0 Å². The molecule has 0 bridgehead atoms. The largest absolute Gasteiger partial charge is 0.465 e. The van der Waals surface area contributed by atoms with Crippen molar-refractivity contribution in [3.8, 4) is 22.7 Å². The highest BCUT2D eigenvalue weighted by Crippen LogP contribution is 2.32. The van der Waals surface area contributed by atoms with Gasteiger partial charge in [-0.3, -0.25) is 0 Å². The van der Waals surface area contributed by atoms with Gasteiger partial charge in [-0.25, -0.2) is 9.78 Å². The van der Waals surface area contributed by atoms with Gasteiger partial charge in [0.15, 0.2) is 5.76 Å². The Morgan fingerprint density at radius 1 is 1.12 bits per heavy atom. The zero-order chi connectivity index (χ0) is 16.5. The van der Waals surface area contributed by atoms with Gasteiger partial charge in [-0.05, 0) is 18.2 Å². The van der Waals surface area contributed by atoms with E-state index in [1.165, 1.54) is 13.4 Å². The number of nitrogens with zero attached hydrogens (tertiary/aromatic N) is 2. The lowest BCUT2D eigenvalue weighted by molar-refractivity contribution is 0.0603. The SMILES string of the molecule is COC(=O)c1cc(-c2ccco2)nc2onc(-c3ccccc3)c12. The minimum absolute atomic E-state index is 0.253. The lowest BCUT2D eigenvalue weighted by atomic mass is 10.0. The van der Waals surface area contributed by atoms with E-state index in [4.69, 9.17) is 13.7 Å². The van der Waals surface area contributed by atoms with E-state index in [1.807, 2.05) is 30.3 Å². The smallest absolute Gasteiger partial charge is 0.338 e. The van der Waals surface area contributed by atoms with Gasteiger partial charge in [0.25, 0.3) is 5.71 Å². The molecule has 6 heteroatoms. The van der Waals surface area contributed by atoms with Crippen LogP contribution in [-0.2, 0) is 4.74 Å². The minimum atomic E-state index is -0.490. The topological polar surface area (TPSA) is 78.4 Å². The molecule has 0 fully saturated rings. The third kappa shape index (κ3) is 2.25. The summed E-state index contributed by atoms with van der Waals surface area (Å²) in [6.45, 7) is 0. The number of pyridine rings is 1. The molecule has 0 N–H and O–H groups in total. The van der Waals surface area contributed by atoms with Gasteiger partial charge < -0.3 is 13.7 Å². The molecule has 118 valence electrons. The van der Waals surface area contributed by atoms with Crippen LogP contribution in [0.4, 0.5) is 0 Å². The summed E-state index contributed by atoms with van der Waals surface area (Å²) in [6.07, 6.45) is 1.54. The first-order chi connectivity index (χ1) is 11.8. The number of carbonyl (C=O) groups is 1. The Balaban J connectivity index is 2.00. The molecule has 0 saturated carbocycles. The molecule has 1 aromatic carbocycles. The lowest BCUT2D eigenvalue weighted by Crippen LogP contribution is -2.03. The summed E-state index contributed by atoms with van der Waals surface area (Å²) >= 11 is 0. The highest BCUT2D eigenvalue weighted by Gasteiger charge is 2.22. The third-order valence-electron chi connectivity index (χ3n) is 3.67. The molecule has 0 amide bonds. The molecule has 0 unspecified atom stereocenters. The fourth-order valence-corrected chi connectivity index (χ4v) is 2.57. The first-order valence-corrected chi connectivity index (χ1v) is 7.26. The monoisotopic (exact) mass is 320 g/mol. The second-order valence-corrected chi connectivity index (χ2v) is 5.10. The van der Waals surface area contributed by atoms with Gasteiger partial charge in [-0.1, -0.05) is 35.5 Å². The normalized spacial score (nSPS) is 10.9. The summed E-state index contributed by atoms with van der Waals surface area (Å²) in [4.78, 5) is 16.7. The standard InChI is InChI=1S/C18H12N2O4/c1-22-18(21)12-10-13(14-8-5-9-23-14)19-17-15(12)16(20-24-17)11-6-3-2-4-7-11/h2-10H,1H3. The van der Waals surface area contributed by atoms with Crippen LogP contribution in [0, 0.1) is 0 Å². The van der Waals surface area contributed by atoms with Gasteiger partial charge >= 0.3 is 5.97 Å². The fourth-order valence-electron chi connectivity index (χ4n) is 2.57. The number of ether oxygens (including phenoxy) is 1. The van der Waals surface area contributed by atoms with Gasteiger partial charge in [0.2, 0.25) is 0 Å². The number of benzene rings is 1. The number of hydrogen-bond donors (Lipinski definition) is 0. The Kier molecular flexibility index (Phi) is 3.35. The minimum Gasteiger partial charge on any atom is -0.465 e. The molecule has 24 heavy (non-hydrogen) atoms. The maximum atomic E-state index is 12.3. The van der Waals surface area contributed by atoms with E-state index in [0.29, 0.717) is 28.1 Å². The van der Waals surface area contributed by atoms with Crippen molar-refractivity contribution in [1.82, 2.24) is 10.1 Å². The van der Waals surface area contributed by atoms with Crippen LogP contribution in [0.15, 0.2) is 63.7 Å². The number of hydrogen-bond acceptors (Lipinski definition) is 6. The highest BCUT2D eigenvalue weighted by atomic mass is 16.5. The first kappa shape index (κ1) is 14.2. The molecule has 0 saturated heterocycles. The maximum Gasteiger partial charge on any atom is 0.338 e. The molecule has 6 nitrogen and oxygen atoms in total. The van der Waals surface area contributed by atoms with E-state index in [2.05, 4.69) is 10.1 Å². The average Bonchev–Trinajstić information content (AvgIpc) is 3.30. The summed E-state index contributed by atoms with van der Waals surface area (Å²) in [5, 5.41) is 4.61. The van der Waals surface area contributed by atoms with E-state index < -0.39 is 5.97 Å². The van der Waals surface area contributed by atoms with Crippen LogP contribution in [0.2, 0.25) is 0 Å². The zero-order valence-corrected chi connectivity index (χ0v) is 12.7. The second-order valence-electron chi connectivity index (χ2n) is 5.10. The maximum absolute atomic E-state index is 12.3. The third-order valence-corrected chi connectivity index (χ3v) is 3.67. The Labute approximate surface area is 136 Å². The Bertz CT molecular complexity index is 1000. The summed E-state index contributed by atoms with van der Waals surface area (Å²) in [5.41, 5.74) is 2.43. The van der Waals surface area contributed by atoms with Gasteiger partial charge in [0.1, 0.15) is 11.4 Å². The number of esters is 1. The molecule has 0 spiro atoms. The predicted octanol–water partition coefficient (Wildman–Crippen LogP) is 3.94. The molecule has 4 aromatic rings. The van der Waals surface area contributed by atoms with E-state index in [0.717, 1.165) is 5.56 Å². The van der Waals surface area contributed by atoms with E-state index in [9.17, 15) is 4.79 Å². The summed E-state index contributed by atoms with van der Waals surface area (Å²) in [7, 11) is 1.33. The van der Waals surface area contributed by atoms with Crippen molar-refractivity contribution in [1.29, 1.82) is 0 Å². The van der Waals surface area contributed by atoms with Crippen LogP contribution in [0.5, 0.6) is 0 Å².